The number of hydrogen-bond acceptors (Lipinski definition) is 4. The Kier molecular flexibility index (Phi) is 7.41. The van der Waals surface area contributed by atoms with E-state index in [-0.39, 0.29) is 24.1 Å². The molecule has 2 heterocycles. The van der Waals surface area contributed by atoms with Crippen molar-refractivity contribution in [2.45, 2.75) is 108 Å². The Hall–Kier alpha value is -2.32. The predicted molar refractivity (Wildman–Crippen MR) is 156 cm³/mol. The van der Waals surface area contributed by atoms with E-state index in [2.05, 4.69) is 55.3 Å². The number of ether oxygens (including phenoxy) is 4. The third-order valence-corrected chi connectivity index (χ3v) is 11.0. The molecule has 0 N–H and O–H groups in total. The lowest BCUT2D eigenvalue weighted by Gasteiger charge is -2.54. The molecule has 0 amide bonds. The highest BCUT2D eigenvalue weighted by molar-refractivity contribution is 5.44. The lowest BCUT2D eigenvalue weighted by molar-refractivity contribution is -0.213. The first-order valence-electron chi connectivity index (χ1n) is 15.9. The van der Waals surface area contributed by atoms with Crippen LogP contribution in [-0.2, 0) is 20.6 Å². The molecule has 212 valence electrons. The van der Waals surface area contributed by atoms with Crippen molar-refractivity contribution in [2.24, 2.45) is 17.3 Å². The molecule has 2 aromatic carbocycles. The average molecular weight is 541 g/mol. The van der Waals surface area contributed by atoms with Gasteiger partial charge in [0.2, 0.25) is 0 Å². The van der Waals surface area contributed by atoms with E-state index in [1.54, 1.807) is 0 Å². The molecule has 0 radical (unpaired) electrons. The molecular weight excluding hydrogens is 496 g/mol. The normalized spacial score (nSPS) is 37.0. The van der Waals surface area contributed by atoms with Crippen molar-refractivity contribution in [1.29, 1.82) is 0 Å². The standard InChI is InChI=1S/C36H44O4/c1-3-24-10-12-25(13-11-24)30-23-36(2)31(18-19-32(36)40-34-9-5-7-21-38-34)29-16-14-26-22-27(15-17-28(26)35(29)30)39-33-8-4-6-20-37-33/h1,10-13,15,17,22,29-35H,4-9,14,16,18-21,23H2,2H3/t29-,30+,31-,32-,33?,34?,35+,36-/m0/s1. The maximum atomic E-state index is 6.81. The molecule has 4 nitrogen and oxygen atoms in total. The highest BCUT2D eigenvalue weighted by Crippen LogP contribution is 2.65. The Balaban J connectivity index is 1.21. The van der Waals surface area contributed by atoms with Crippen molar-refractivity contribution in [3.63, 3.8) is 0 Å². The van der Waals surface area contributed by atoms with Gasteiger partial charge in [0.1, 0.15) is 5.75 Å². The van der Waals surface area contributed by atoms with E-state index in [9.17, 15) is 0 Å². The number of hydrogen-bond donors (Lipinski definition) is 0. The van der Waals surface area contributed by atoms with Crippen molar-refractivity contribution in [3.8, 4) is 18.1 Å². The third-order valence-electron chi connectivity index (χ3n) is 11.0. The quantitative estimate of drug-likeness (QED) is 0.364. The Morgan fingerprint density at radius 2 is 1.65 bits per heavy atom. The van der Waals surface area contributed by atoms with Crippen LogP contribution in [-0.4, -0.2) is 31.9 Å². The first-order valence-corrected chi connectivity index (χ1v) is 15.9. The molecule has 0 aromatic heterocycles. The fourth-order valence-electron chi connectivity index (χ4n) is 9.04. The average Bonchev–Trinajstić information content (AvgIpc) is 3.33. The Labute approximate surface area is 240 Å². The predicted octanol–water partition coefficient (Wildman–Crippen LogP) is 7.73. The van der Waals surface area contributed by atoms with Crippen LogP contribution in [0.3, 0.4) is 0 Å². The summed E-state index contributed by atoms with van der Waals surface area (Å²) in [6, 6.07) is 15.7. The summed E-state index contributed by atoms with van der Waals surface area (Å²) in [6.45, 7) is 4.17. The smallest absolute Gasteiger partial charge is 0.199 e. The van der Waals surface area contributed by atoms with Gasteiger partial charge in [0, 0.05) is 18.6 Å². The first kappa shape index (κ1) is 26.6. The Morgan fingerprint density at radius 1 is 0.875 bits per heavy atom. The molecule has 4 fully saturated rings. The molecule has 8 atom stereocenters. The van der Waals surface area contributed by atoms with Crippen LogP contribution in [0, 0.1) is 29.6 Å². The number of terminal acetylenes is 1. The maximum Gasteiger partial charge on any atom is 0.199 e. The van der Waals surface area contributed by atoms with Gasteiger partial charge in [-0.3, -0.25) is 0 Å². The third kappa shape index (κ3) is 4.89. The zero-order valence-corrected chi connectivity index (χ0v) is 24.0. The minimum Gasteiger partial charge on any atom is -0.465 e. The molecule has 2 saturated heterocycles. The minimum absolute atomic E-state index is 0.0287. The van der Waals surface area contributed by atoms with Crippen LogP contribution >= 0.6 is 0 Å². The summed E-state index contributed by atoms with van der Waals surface area (Å²) in [5, 5.41) is 0. The molecule has 4 heteroatoms. The van der Waals surface area contributed by atoms with Crippen molar-refractivity contribution < 1.29 is 18.9 Å². The van der Waals surface area contributed by atoms with E-state index in [0.717, 1.165) is 69.5 Å². The first-order chi connectivity index (χ1) is 19.6. The Morgan fingerprint density at radius 3 is 2.38 bits per heavy atom. The topological polar surface area (TPSA) is 36.9 Å². The molecule has 0 spiro atoms. The molecular formula is C36H44O4. The van der Waals surface area contributed by atoms with Gasteiger partial charge in [0.25, 0.3) is 0 Å². The fourth-order valence-corrected chi connectivity index (χ4v) is 9.04. The zero-order chi connectivity index (χ0) is 27.1. The summed E-state index contributed by atoms with van der Waals surface area (Å²) in [6.07, 6.45) is 18.4. The molecule has 2 aliphatic heterocycles. The second kappa shape index (κ2) is 11.2. The van der Waals surface area contributed by atoms with Gasteiger partial charge in [-0.25, -0.2) is 0 Å². The van der Waals surface area contributed by atoms with Crippen LogP contribution in [0.15, 0.2) is 42.5 Å². The molecule has 7 rings (SSSR count). The summed E-state index contributed by atoms with van der Waals surface area (Å²) in [4.78, 5) is 0. The fraction of sp³-hybridized carbons (Fsp3) is 0.611. The van der Waals surface area contributed by atoms with Crippen LogP contribution in [0.4, 0.5) is 0 Å². The number of aryl methyl sites for hydroxylation is 1. The minimum atomic E-state index is -0.107. The molecule has 2 unspecified atom stereocenters. The summed E-state index contributed by atoms with van der Waals surface area (Å²) < 4.78 is 25.0. The second-order valence-electron chi connectivity index (χ2n) is 13.2. The summed E-state index contributed by atoms with van der Waals surface area (Å²) in [5.41, 5.74) is 5.51. The van der Waals surface area contributed by atoms with Gasteiger partial charge in [-0.2, -0.15) is 0 Å². The van der Waals surface area contributed by atoms with Gasteiger partial charge in [0.15, 0.2) is 12.6 Å². The van der Waals surface area contributed by atoms with Crippen LogP contribution in [0.1, 0.15) is 105 Å². The van der Waals surface area contributed by atoms with E-state index < -0.39 is 0 Å². The number of rotatable bonds is 5. The van der Waals surface area contributed by atoms with Gasteiger partial charge in [0.05, 0.1) is 12.7 Å². The molecule has 40 heavy (non-hydrogen) atoms. The van der Waals surface area contributed by atoms with E-state index in [1.807, 2.05) is 0 Å². The lowest BCUT2D eigenvalue weighted by atomic mass is 9.51. The maximum absolute atomic E-state index is 6.81. The van der Waals surface area contributed by atoms with Gasteiger partial charge < -0.3 is 18.9 Å². The highest BCUT2D eigenvalue weighted by atomic mass is 16.7. The summed E-state index contributed by atoms with van der Waals surface area (Å²) >= 11 is 0. The van der Waals surface area contributed by atoms with Crippen molar-refractivity contribution in [1.82, 2.24) is 0 Å². The van der Waals surface area contributed by atoms with E-state index in [0.29, 0.717) is 23.7 Å². The second-order valence-corrected chi connectivity index (χ2v) is 13.2. The van der Waals surface area contributed by atoms with Crippen molar-refractivity contribution >= 4 is 0 Å². The lowest BCUT2D eigenvalue weighted by Crippen LogP contribution is -2.48. The monoisotopic (exact) mass is 540 g/mol. The van der Waals surface area contributed by atoms with Crippen molar-refractivity contribution in [2.75, 3.05) is 13.2 Å². The molecule has 3 aliphatic carbocycles. The molecule has 2 saturated carbocycles. The van der Waals surface area contributed by atoms with Crippen molar-refractivity contribution in [3.05, 3.63) is 64.7 Å². The molecule has 2 aromatic rings. The van der Waals surface area contributed by atoms with Crippen LogP contribution in [0.25, 0.3) is 0 Å². The SMILES string of the molecule is C#Cc1ccc([C@H]2C[C@]3(C)[C@@H](OC4CCCCO4)CC[C@H]3[C@@H]3CCc4cc(OC5CCCCO5)ccc4[C@H]32)cc1. The van der Waals surface area contributed by atoms with E-state index in [4.69, 9.17) is 25.4 Å². The molecule has 5 aliphatic rings. The van der Waals surface area contributed by atoms with Gasteiger partial charge in [-0.1, -0.05) is 31.0 Å². The zero-order valence-electron chi connectivity index (χ0n) is 24.0. The van der Waals surface area contributed by atoms with Crippen LogP contribution in [0.2, 0.25) is 0 Å². The van der Waals surface area contributed by atoms with E-state index >= 15 is 0 Å². The Bertz CT molecular complexity index is 1220. The summed E-state index contributed by atoms with van der Waals surface area (Å²) in [7, 11) is 0. The van der Waals surface area contributed by atoms with Gasteiger partial charge >= 0.3 is 0 Å². The highest BCUT2D eigenvalue weighted by Gasteiger charge is 2.59. The van der Waals surface area contributed by atoms with Crippen LogP contribution in [0.5, 0.6) is 5.75 Å². The van der Waals surface area contributed by atoms with Gasteiger partial charge in [-0.05, 0) is 134 Å². The number of benzene rings is 2. The number of fused-ring (bicyclic) bond motifs is 5. The molecule has 0 bridgehead atoms. The van der Waals surface area contributed by atoms with Crippen LogP contribution < -0.4 is 4.74 Å². The summed E-state index contributed by atoms with van der Waals surface area (Å²) in [5.74, 6) is 6.03. The van der Waals surface area contributed by atoms with Gasteiger partial charge in [-0.15, -0.1) is 6.42 Å². The van der Waals surface area contributed by atoms with E-state index in [1.165, 1.54) is 42.4 Å². The largest absolute Gasteiger partial charge is 0.465 e.